The van der Waals surface area contributed by atoms with E-state index in [9.17, 15) is 4.79 Å². The molecule has 8 heavy (non-hydrogen) atoms. The minimum absolute atomic E-state index is 0.0957. The molecular formula is C4H7NOS2. The molecule has 1 aliphatic heterocycles. The van der Waals surface area contributed by atoms with Crippen molar-refractivity contribution >= 4 is 28.4 Å². The van der Waals surface area contributed by atoms with Crippen LogP contribution in [0.2, 0.25) is 0 Å². The highest BCUT2D eigenvalue weighted by Crippen LogP contribution is 2.20. The summed E-state index contributed by atoms with van der Waals surface area (Å²) in [6.45, 7) is 0.817. The zero-order chi connectivity index (χ0) is 5.98. The van der Waals surface area contributed by atoms with Crippen molar-refractivity contribution in [3.8, 4) is 0 Å². The Labute approximate surface area is 57.2 Å². The molecule has 0 aliphatic carbocycles. The van der Waals surface area contributed by atoms with E-state index in [4.69, 9.17) is 0 Å². The van der Waals surface area contributed by atoms with Crippen LogP contribution in [0.25, 0.3) is 0 Å². The van der Waals surface area contributed by atoms with E-state index >= 15 is 0 Å². The molecule has 46 valence electrons. The van der Waals surface area contributed by atoms with Gasteiger partial charge < -0.3 is 5.32 Å². The third kappa shape index (κ3) is 1.11. The molecule has 1 N–H and O–H groups in total. The summed E-state index contributed by atoms with van der Waals surface area (Å²) in [6, 6.07) is 0. The summed E-state index contributed by atoms with van der Waals surface area (Å²) in [7, 11) is 1.32. The molecule has 1 heterocycles. The predicted octanol–water partition coefficient (Wildman–Crippen LogP) is 0.453. The molecule has 0 aromatic rings. The second kappa shape index (κ2) is 2.64. The van der Waals surface area contributed by atoms with Crippen LogP contribution in [-0.4, -0.2) is 17.7 Å². The molecule has 0 aromatic heterocycles. The fraction of sp³-hybridized carbons (Fsp3) is 0.750. The van der Waals surface area contributed by atoms with E-state index in [2.05, 4.69) is 17.0 Å². The lowest BCUT2D eigenvalue weighted by Gasteiger charge is -1.96. The molecule has 1 saturated heterocycles. The van der Waals surface area contributed by atoms with Crippen LogP contribution in [0.4, 0.5) is 0 Å². The summed E-state index contributed by atoms with van der Waals surface area (Å²) in [5.74, 6) is 0.130. The van der Waals surface area contributed by atoms with Crippen LogP contribution in [0.3, 0.4) is 0 Å². The van der Waals surface area contributed by atoms with Gasteiger partial charge in [-0.05, 0) is 6.42 Å². The van der Waals surface area contributed by atoms with Crippen LogP contribution in [0.15, 0.2) is 0 Å². The van der Waals surface area contributed by atoms with Gasteiger partial charge in [-0.3, -0.25) is 4.79 Å². The quantitative estimate of drug-likeness (QED) is 0.419. The molecule has 1 atom stereocenters. The minimum Gasteiger partial charge on any atom is -0.355 e. The Balaban J connectivity index is 2.42. The Morgan fingerprint density at radius 2 is 2.62 bits per heavy atom. The van der Waals surface area contributed by atoms with Gasteiger partial charge in [-0.25, -0.2) is 0 Å². The van der Waals surface area contributed by atoms with Crippen LogP contribution in [-0.2, 0) is 4.79 Å². The molecule has 0 bridgehead atoms. The van der Waals surface area contributed by atoms with Crippen LogP contribution in [0, 0.1) is 0 Å². The van der Waals surface area contributed by atoms with Gasteiger partial charge in [0.15, 0.2) is 0 Å². The van der Waals surface area contributed by atoms with E-state index in [1.165, 1.54) is 10.8 Å². The van der Waals surface area contributed by atoms with Gasteiger partial charge in [0.2, 0.25) is 5.91 Å². The summed E-state index contributed by atoms with van der Waals surface area (Å²) in [4.78, 5) is 10.6. The maximum absolute atomic E-state index is 10.6. The summed E-state index contributed by atoms with van der Waals surface area (Å²) in [5.41, 5.74) is 0. The molecule has 0 spiro atoms. The number of hydrogen-bond acceptors (Lipinski definition) is 3. The van der Waals surface area contributed by atoms with Gasteiger partial charge in [-0.2, -0.15) is 0 Å². The largest absolute Gasteiger partial charge is 0.355 e. The average molecular weight is 149 g/mol. The first-order chi connectivity index (χ1) is 3.84. The minimum atomic E-state index is 0.0957. The fourth-order valence-corrected chi connectivity index (χ4v) is 1.68. The first-order valence-electron chi connectivity index (χ1n) is 2.42. The Morgan fingerprint density at radius 1 is 1.88 bits per heavy atom. The van der Waals surface area contributed by atoms with Gasteiger partial charge in [-0.1, -0.05) is 10.8 Å². The molecule has 0 saturated carbocycles. The van der Waals surface area contributed by atoms with Crippen molar-refractivity contribution in [1.29, 1.82) is 0 Å². The Bertz CT molecular complexity index is 106. The first kappa shape index (κ1) is 6.29. The first-order valence-corrected chi connectivity index (χ1v) is 4.35. The van der Waals surface area contributed by atoms with Gasteiger partial charge in [0.1, 0.15) is 0 Å². The topological polar surface area (TPSA) is 29.1 Å². The van der Waals surface area contributed by atoms with Crippen molar-refractivity contribution in [2.24, 2.45) is 0 Å². The lowest BCUT2D eigenvalue weighted by Crippen LogP contribution is -2.19. The molecule has 1 amide bonds. The second-order valence-electron chi connectivity index (χ2n) is 1.67. The van der Waals surface area contributed by atoms with Crippen LogP contribution in [0.5, 0.6) is 0 Å². The number of thiol groups is 1. The van der Waals surface area contributed by atoms with E-state index in [1.807, 2.05) is 0 Å². The molecule has 0 radical (unpaired) electrons. The van der Waals surface area contributed by atoms with Crippen molar-refractivity contribution in [3.63, 3.8) is 0 Å². The fourth-order valence-electron chi connectivity index (χ4n) is 0.672. The van der Waals surface area contributed by atoms with Gasteiger partial charge >= 0.3 is 0 Å². The zero-order valence-electron chi connectivity index (χ0n) is 4.26. The van der Waals surface area contributed by atoms with Crippen molar-refractivity contribution < 1.29 is 4.79 Å². The number of carbonyl (C=O) groups excluding carboxylic acids is 1. The number of nitrogens with one attached hydrogen (secondary N) is 1. The number of rotatable bonds is 1. The SMILES string of the molecule is O=C1NCCC1SS. The van der Waals surface area contributed by atoms with E-state index in [0.717, 1.165) is 13.0 Å². The number of carbonyl (C=O) groups is 1. The third-order valence-corrected chi connectivity index (χ3v) is 2.59. The highest BCUT2D eigenvalue weighted by atomic mass is 33.1. The Hall–Kier alpha value is 0.170. The molecule has 2 nitrogen and oxygen atoms in total. The second-order valence-corrected chi connectivity index (χ2v) is 3.09. The highest BCUT2D eigenvalue weighted by Gasteiger charge is 2.22. The van der Waals surface area contributed by atoms with Crippen molar-refractivity contribution in [3.05, 3.63) is 0 Å². The number of hydrogen-bond donors (Lipinski definition) is 2. The van der Waals surface area contributed by atoms with Crippen LogP contribution in [0.1, 0.15) is 6.42 Å². The molecular weight excluding hydrogens is 142 g/mol. The molecule has 1 aliphatic rings. The maximum Gasteiger partial charge on any atom is 0.234 e. The molecule has 1 rings (SSSR count). The van der Waals surface area contributed by atoms with E-state index in [0.29, 0.717) is 0 Å². The summed E-state index contributed by atoms with van der Waals surface area (Å²) >= 11 is 3.93. The Morgan fingerprint density at radius 3 is 2.88 bits per heavy atom. The van der Waals surface area contributed by atoms with E-state index < -0.39 is 0 Å². The number of amides is 1. The molecule has 4 heteroatoms. The van der Waals surface area contributed by atoms with Crippen molar-refractivity contribution in [2.75, 3.05) is 6.54 Å². The monoisotopic (exact) mass is 149 g/mol. The predicted molar refractivity (Wildman–Crippen MR) is 38.0 cm³/mol. The van der Waals surface area contributed by atoms with Gasteiger partial charge in [0.25, 0.3) is 0 Å². The van der Waals surface area contributed by atoms with Gasteiger partial charge in [-0.15, -0.1) is 11.7 Å². The van der Waals surface area contributed by atoms with E-state index in [1.54, 1.807) is 0 Å². The molecule has 1 fully saturated rings. The summed E-state index contributed by atoms with van der Waals surface area (Å²) in [6.07, 6.45) is 0.924. The van der Waals surface area contributed by atoms with E-state index in [-0.39, 0.29) is 11.2 Å². The lowest BCUT2D eigenvalue weighted by atomic mass is 10.4. The van der Waals surface area contributed by atoms with Crippen LogP contribution < -0.4 is 5.32 Å². The normalized spacial score (nSPS) is 28.1. The van der Waals surface area contributed by atoms with Crippen molar-refractivity contribution in [2.45, 2.75) is 11.7 Å². The van der Waals surface area contributed by atoms with Gasteiger partial charge in [0, 0.05) is 6.54 Å². The lowest BCUT2D eigenvalue weighted by molar-refractivity contribution is -0.118. The maximum atomic E-state index is 10.6. The zero-order valence-corrected chi connectivity index (χ0v) is 5.97. The summed E-state index contributed by atoms with van der Waals surface area (Å²) in [5, 5.41) is 2.81. The summed E-state index contributed by atoms with van der Waals surface area (Å²) < 4.78 is 0. The molecule has 0 aromatic carbocycles. The Kier molecular flexibility index (Phi) is 2.08. The van der Waals surface area contributed by atoms with Crippen molar-refractivity contribution in [1.82, 2.24) is 5.32 Å². The standard InChI is InChI=1S/C4H7NOS2/c6-4-3(8-7)1-2-5-4/h3,7H,1-2H2,(H,5,6). The average Bonchev–Trinajstić information content (AvgIpc) is 2.14. The van der Waals surface area contributed by atoms with Gasteiger partial charge in [0.05, 0.1) is 5.25 Å². The molecule has 1 unspecified atom stereocenters. The third-order valence-electron chi connectivity index (χ3n) is 1.13. The van der Waals surface area contributed by atoms with Crippen LogP contribution >= 0.6 is 22.5 Å². The smallest absolute Gasteiger partial charge is 0.234 e. The highest BCUT2D eigenvalue weighted by molar-refractivity contribution is 8.69.